The van der Waals surface area contributed by atoms with Crippen LogP contribution in [0.4, 0.5) is 0 Å². The molecule has 2 aromatic rings. The van der Waals surface area contributed by atoms with Crippen LogP contribution in [0.3, 0.4) is 0 Å². The van der Waals surface area contributed by atoms with Gasteiger partial charge in [0.05, 0.1) is 5.54 Å². The first-order chi connectivity index (χ1) is 10.6. The molecule has 4 heteroatoms. The van der Waals surface area contributed by atoms with Crippen LogP contribution in [0.1, 0.15) is 36.6 Å². The molecule has 2 aliphatic heterocycles. The van der Waals surface area contributed by atoms with Crippen molar-refractivity contribution < 1.29 is 4.79 Å². The Balaban J connectivity index is 1.72. The molecule has 1 saturated heterocycles. The van der Waals surface area contributed by atoms with Gasteiger partial charge in [-0.1, -0.05) is 29.8 Å². The highest BCUT2D eigenvalue weighted by molar-refractivity contribution is 6.31. The number of benzene rings is 1. The van der Waals surface area contributed by atoms with Gasteiger partial charge >= 0.3 is 0 Å². The maximum absolute atomic E-state index is 12.1. The van der Waals surface area contributed by atoms with Crippen molar-refractivity contribution in [3.8, 4) is 0 Å². The molecule has 4 rings (SSSR count). The molecule has 0 bridgehead atoms. The predicted molar refractivity (Wildman–Crippen MR) is 87.0 cm³/mol. The largest absolute Gasteiger partial charge is 0.347 e. The third kappa shape index (κ3) is 1.92. The van der Waals surface area contributed by atoms with E-state index in [1.807, 2.05) is 18.2 Å². The van der Waals surface area contributed by atoms with E-state index in [9.17, 15) is 4.79 Å². The Morgan fingerprint density at radius 2 is 2.05 bits per heavy atom. The summed E-state index contributed by atoms with van der Waals surface area (Å²) >= 11 is 6.29. The van der Waals surface area contributed by atoms with Gasteiger partial charge in [0, 0.05) is 42.8 Å². The highest BCUT2D eigenvalue weighted by atomic mass is 35.5. The van der Waals surface area contributed by atoms with Crippen molar-refractivity contribution in [2.24, 2.45) is 0 Å². The number of halogens is 1. The summed E-state index contributed by atoms with van der Waals surface area (Å²) in [5, 5.41) is 0.810. The van der Waals surface area contributed by atoms with E-state index in [0.29, 0.717) is 12.3 Å². The summed E-state index contributed by atoms with van der Waals surface area (Å²) < 4.78 is 2.29. The third-order valence-corrected chi connectivity index (χ3v) is 5.62. The molecular formula is C18H19ClN2O. The van der Waals surface area contributed by atoms with Gasteiger partial charge in [-0.15, -0.1) is 0 Å². The number of carbonyl (C=O) groups is 1. The summed E-state index contributed by atoms with van der Waals surface area (Å²) in [6, 6.07) is 10.2. The summed E-state index contributed by atoms with van der Waals surface area (Å²) in [4.78, 5) is 14.1. The maximum atomic E-state index is 12.1. The Kier molecular flexibility index (Phi) is 3.08. The zero-order valence-electron chi connectivity index (χ0n) is 12.7. The molecule has 0 spiro atoms. The summed E-state index contributed by atoms with van der Waals surface area (Å²) in [6.07, 6.45) is 4.67. The standard InChI is InChI=1S/C18H19ClN2O/c1-18-9-6-17(22)21(18)11-8-16-14(18)7-10-20(16)12-13-4-2-3-5-15(13)19/h2-5,7,10H,6,8-9,11-12H2,1H3. The van der Waals surface area contributed by atoms with Crippen LogP contribution in [0.25, 0.3) is 0 Å². The van der Waals surface area contributed by atoms with Crippen molar-refractivity contribution in [3.63, 3.8) is 0 Å². The quantitative estimate of drug-likeness (QED) is 0.831. The van der Waals surface area contributed by atoms with Gasteiger partial charge in [-0.2, -0.15) is 0 Å². The van der Waals surface area contributed by atoms with E-state index in [0.717, 1.165) is 36.5 Å². The second-order valence-corrected chi connectivity index (χ2v) is 6.87. The van der Waals surface area contributed by atoms with E-state index >= 15 is 0 Å². The summed E-state index contributed by atoms with van der Waals surface area (Å²) in [6.45, 7) is 3.82. The van der Waals surface area contributed by atoms with Gasteiger partial charge in [0.2, 0.25) is 5.91 Å². The summed E-state index contributed by atoms with van der Waals surface area (Å²) in [5.74, 6) is 0.298. The second kappa shape index (κ2) is 4.88. The van der Waals surface area contributed by atoms with Crippen molar-refractivity contribution in [2.75, 3.05) is 6.54 Å². The number of rotatable bonds is 2. The Morgan fingerprint density at radius 1 is 1.23 bits per heavy atom. The minimum atomic E-state index is -0.115. The van der Waals surface area contributed by atoms with Gasteiger partial charge in [-0.3, -0.25) is 4.79 Å². The van der Waals surface area contributed by atoms with E-state index in [-0.39, 0.29) is 5.54 Å². The molecule has 0 N–H and O–H groups in total. The van der Waals surface area contributed by atoms with Gasteiger partial charge in [0.15, 0.2) is 0 Å². The van der Waals surface area contributed by atoms with E-state index in [1.54, 1.807) is 0 Å². The fourth-order valence-electron chi connectivity index (χ4n) is 4.00. The molecule has 1 unspecified atom stereocenters. The van der Waals surface area contributed by atoms with Crippen LogP contribution < -0.4 is 0 Å². The van der Waals surface area contributed by atoms with E-state index in [4.69, 9.17) is 11.6 Å². The van der Waals surface area contributed by atoms with Crippen LogP contribution in [-0.4, -0.2) is 21.9 Å². The number of hydrogen-bond acceptors (Lipinski definition) is 1. The van der Waals surface area contributed by atoms with Crippen molar-refractivity contribution in [2.45, 2.75) is 38.3 Å². The normalized spacial score (nSPS) is 23.5. The minimum absolute atomic E-state index is 0.115. The molecule has 3 nitrogen and oxygen atoms in total. The molecule has 1 atom stereocenters. The topological polar surface area (TPSA) is 25.2 Å². The van der Waals surface area contributed by atoms with Crippen LogP contribution >= 0.6 is 11.6 Å². The Morgan fingerprint density at radius 3 is 2.86 bits per heavy atom. The second-order valence-electron chi connectivity index (χ2n) is 6.46. The van der Waals surface area contributed by atoms with Crippen molar-refractivity contribution in [1.29, 1.82) is 0 Å². The zero-order valence-corrected chi connectivity index (χ0v) is 13.4. The molecule has 114 valence electrons. The van der Waals surface area contributed by atoms with Crippen molar-refractivity contribution >= 4 is 17.5 Å². The first kappa shape index (κ1) is 13.9. The van der Waals surface area contributed by atoms with E-state index in [1.165, 1.54) is 11.3 Å². The molecule has 1 fully saturated rings. The monoisotopic (exact) mass is 314 g/mol. The number of hydrogen-bond donors (Lipinski definition) is 0. The fraction of sp³-hybridized carbons (Fsp3) is 0.389. The average Bonchev–Trinajstić information content (AvgIpc) is 3.04. The van der Waals surface area contributed by atoms with Gasteiger partial charge in [0.1, 0.15) is 0 Å². The summed E-state index contributed by atoms with van der Waals surface area (Å²) in [5.41, 5.74) is 3.69. The number of nitrogens with zero attached hydrogens (tertiary/aromatic N) is 2. The maximum Gasteiger partial charge on any atom is 0.223 e. The van der Waals surface area contributed by atoms with E-state index < -0.39 is 0 Å². The van der Waals surface area contributed by atoms with Gasteiger partial charge in [-0.05, 0) is 36.6 Å². The number of aromatic nitrogens is 1. The molecule has 1 aromatic carbocycles. The summed E-state index contributed by atoms with van der Waals surface area (Å²) in [7, 11) is 0. The number of carbonyl (C=O) groups excluding carboxylic acids is 1. The van der Waals surface area contributed by atoms with Crippen molar-refractivity contribution in [1.82, 2.24) is 9.47 Å². The Labute approximate surface area is 135 Å². The molecule has 1 amide bonds. The fourth-order valence-corrected chi connectivity index (χ4v) is 4.19. The van der Waals surface area contributed by atoms with Crippen LogP contribution in [0, 0.1) is 0 Å². The SMILES string of the molecule is CC12CCC(=O)N1CCc1c2ccn1Cc1ccccc1Cl. The molecule has 3 heterocycles. The Bertz CT molecular complexity index is 751. The molecule has 0 aliphatic carbocycles. The van der Waals surface area contributed by atoms with Gasteiger partial charge in [0.25, 0.3) is 0 Å². The van der Waals surface area contributed by atoms with Crippen LogP contribution in [0.2, 0.25) is 5.02 Å². The lowest BCUT2D eigenvalue weighted by Gasteiger charge is -2.40. The van der Waals surface area contributed by atoms with Gasteiger partial charge in [-0.25, -0.2) is 0 Å². The predicted octanol–water partition coefficient (Wildman–Crippen LogP) is 3.58. The molecule has 22 heavy (non-hydrogen) atoms. The third-order valence-electron chi connectivity index (χ3n) is 5.25. The van der Waals surface area contributed by atoms with Crippen molar-refractivity contribution in [3.05, 3.63) is 58.4 Å². The van der Waals surface area contributed by atoms with Crippen LogP contribution in [0.5, 0.6) is 0 Å². The lowest BCUT2D eigenvalue weighted by molar-refractivity contribution is -0.131. The highest BCUT2D eigenvalue weighted by Gasteiger charge is 2.46. The lowest BCUT2D eigenvalue weighted by atomic mass is 9.85. The van der Waals surface area contributed by atoms with Gasteiger partial charge < -0.3 is 9.47 Å². The molecule has 2 aliphatic rings. The molecule has 1 aromatic heterocycles. The Hall–Kier alpha value is -1.74. The molecular weight excluding hydrogens is 296 g/mol. The van der Waals surface area contributed by atoms with Crippen LogP contribution in [-0.2, 0) is 23.3 Å². The first-order valence-electron chi connectivity index (χ1n) is 7.82. The van der Waals surface area contributed by atoms with E-state index in [2.05, 4.69) is 34.7 Å². The minimum Gasteiger partial charge on any atom is -0.347 e. The zero-order chi connectivity index (χ0) is 15.3. The number of fused-ring (bicyclic) bond motifs is 3. The molecule has 0 saturated carbocycles. The first-order valence-corrected chi connectivity index (χ1v) is 8.20. The highest BCUT2D eigenvalue weighted by Crippen LogP contribution is 2.44. The average molecular weight is 315 g/mol. The smallest absolute Gasteiger partial charge is 0.223 e. The lowest BCUT2D eigenvalue weighted by Crippen LogP contribution is -2.46. The molecule has 0 radical (unpaired) electrons. The van der Waals surface area contributed by atoms with Crippen LogP contribution in [0.15, 0.2) is 36.5 Å². The number of amides is 1.